The summed E-state index contributed by atoms with van der Waals surface area (Å²) in [7, 11) is -1.69. The van der Waals surface area contributed by atoms with Crippen LogP contribution < -0.4 is 0 Å². The van der Waals surface area contributed by atoms with E-state index in [4.69, 9.17) is 4.43 Å². The van der Waals surface area contributed by atoms with Crippen LogP contribution in [-0.4, -0.2) is 8.32 Å². The van der Waals surface area contributed by atoms with Crippen LogP contribution >= 0.6 is 11.3 Å². The molecule has 0 fully saturated rings. The Morgan fingerprint density at radius 1 is 1.20 bits per heavy atom. The van der Waals surface area contributed by atoms with Crippen LogP contribution in [0, 0.1) is 0 Å². The van der Waals surface area contributed by atoms with E-state index in [0.717, 1.165) is 0 Å². The maximum atomic E-state index is 6.67. The largest absolute Gasteiger partial charge is 0.410 e. The van der Waals surface area contributed by atoms with Gasteiger partial charge >= 0.3 is 0 Å². The van der Waals surface area contributed by atoms with Crippen molar-refractivity contribution in [2.45, 2.75) is 84.0 Å². The number of hydrogen-bond acceptors (Lipinski definition) is 2. The molecule has 0 unspecified atom stereocenters. The molecule has 1 aromatic rings. The van der Waals surface area contributed by atoms with Crippen molar-refractivity contribution in [1.82, 2.24) is 0 Å². The number of unbranched alkanes of at least 4 members (excludes halogenated alkanes) is 3. The quantitative estimate of drug-likeness (QED) is 0.379. The van der Waals surface area contributed by atoms with E-state index >= 15 is 0 Å². The lowest BCUT2D eigenvalue weighted by molar-refractivity contribution is 0.170. The van der Waals surface area contributed by atoms with E-state index in [0.29, 0.717) is 6.10 Å². The van der Waals surface area contributed by atoms with E-state index in [1.807, 2.05) is 0 Å². The van der Waals surface area contributed by atoms with Gasteiger partial charge in [-0.3, -0.25) is 0 Å². The minimum atomic E-state index is -1.69. The van der Waals surface area contributed by atoms with Gasteiger partial charge in [-0.25, -0.2) is 0 Å². The summed E-state index contributed by atoms with van der Waals surface area (Å²) in [6.07, 6.45) is 6.73. The summed E-state index contributed by atoms with van der Waals surface area (Å²) >= 11 is 1.78. The first-order valence-corrected chi connectivity index (χ1v) is 11.8. The summed E-state index contributed by atoms with van der Waals surface area (Å²) < 4.78 is 6.67. The number of hydrogen-bond donors (Lipinski definition) is 0. The highest BCUT2D eigenvalue weighted by atomic mass is 32.1. The molecule has 1 rings (SSSR count). The molecule has 0 aliphatic heterocycles. The molecule has 0 aliphatic rings. The molecular weight excluding hydrogens is 280 g/mol. The molecule has 0 saturated heterocycles. The van der Waals surface area contributed by atoms with Gasteiger partial charge in [-0.2, -0.15) is 11.3 Å². The molecule has 0 amide bonds. The Kier molecular flexibility index (Phi) is 6.96. The highest BCUT2D eigenvalue weighted by molar-refractivity contribution is 7.08. The third-order valence-corrected chi connectivity index (χ3v) is 9.67. The van der Waals surface area contributed by atoms with Crippen molar-refractivity contribution in [3.8, 4) is 0 Å². The van der Waals surface area contributed by atoms with Gasteiger partial charge in [0.1, 0.15) is 0 Å². The second-order valence-electron chi connectivity index (χ2n) is 7.27. The van der Waals surface area contributed by atoms with Crippen LogP contribution in [-0.2, 0) is 4.43 Å². The number of thiophene rings is 1. The van der Waals surface area contributed by atoms with Crippen molar-refractivity contribution in [3.05, 3.63) is 22.4 Å². The Balaban J connectivity index is 2.69. The zero-order chi connectivity index (χ0) is 15.2. The maximum absolute atomic E-state index is 6.67. The fourth-order valence-electron chi connectivity index (χ4n) is 2.04. The van der Waals surface area contributed by atoms with E-state index in [9.17, 15) is 0 Å². The van der Waals surface area contributed by atoms with Gasteiger partial charge < -0.3 is 4.43 Å². The third-order valence-electron chi connectivity index (χ3n) is 4.48. The number of rotatable bonds is 8. The predicted octanol–water partition coefficient (Wildman–Crippen LogP) is 6.78. The summed E-state index contributed by atoms with van der Waals surface area (Å²) in [5.74, 6) is 0. The van der Waals surface area contributed by atoms with Gasteiger partial charge in [-0.1, -0.05) is 53.4 Å². The van der Waals surface area contributed by atoms with Crippen molar-refractivity contribution < 1.29 is 4.43 Å². The molecule has 0 N–H and O–H groups in total. The average Bonchev–Trinajstić information content (AvgIpc) is 2.85. The Labute approximate surface area is 130 Å². The molecule has 0 radical (unpaired) electrons. The highest BCUT2D eigenvalue weighted by Crippen LogP contribution is 2.41. The van der Waals surface area contributed by atoms with Crippen LogP contribution in [0.5, 0.6) is 0 Å². The maximum Gasteiger partial charge on any atom is 0.192 e. The predicted molar refractivity (Wildman–Crippen MR) is 94.1 cm³/mol. The average molecular weight is 313 g/mol. The third kappa shape index (κ3) is 5.34. The molecule has 1 atom stereocenters. The molecule has 0 aliphatic carbocycles. The monoisotopic (exact) mass is 312 g/mol. The smallest absolute Gasteiger partial charge is 0.192 e. The summed E-state index contributed by atoms with van der Waals surface area (Å²) in [4.78, 5) is 0. The fourth-order valence-corrected chi connectivity index (χ4v) is 4.06. The van der Waals surface area contributed by atoms with Crippen molar-refractivity contribution in [3.63, 3.8) is 0 Å². The van der Waals surface area contributed by atoms with E-state index in [-0.39, 0.29) is 5.04 Å². The van der Waals surface area contributed by atoms with E-state index < -0.39 is 8.32 Å². The molecule has 0 spiro atoms. The lowest BCUT2D eigenvalue weighted by Crippen LogP contribution is -2.41. The second kappa shape index (κ2) is 7.76. The van der Waals surface area contributed by atoms with Crippen molar-refractivity contribution >= 4 is 19.7 Å². The van der Waals surface area contributed by atoms with Gasteiger partial charge in [0.25, 0.3) is 0 Å². The van der Waals surface area contributed by atoms with Gasteiger partial charge in [-0.05, 0) is 46.9 Å². The van der Waals surface area contributed by atoms with Crippen LogP contribution in [0.4, 0.5) is 0 Å². The van der Waals surface area contributed by atoms with Gasteiger partial charge in [-0.15, -0.1) is 0 Å². The summed E-state index contributed by atoms with van der Waals surface area (Å²) in [5.41, 5.74) is 1.39. The summed E-state index contributed by atoms with van der Waals surface area (Å²) in [6, 6.07) is 2.24. The fraction of sp³-hybridized carbons (Fsp3) is 0.765. The van der Waals surface area contributed by atoms with Gasteiger partial charge in [0.05, 0.1) is 6.10 Å². The lowest BCUT2D eigenvalue weighted by atomic mass is 10.1. The first kappa shape index (κ1) is 17.9. The van der Waals surface area contributed by atoms with Crippen molar-refractivity contribution in [1.29, 1.82) is 0 Å². The topological polar surface area (TPSA) is 9.23 Å². The molecule has 0 aromatic carbocycles. The minimum Gasteiger partial charge on any atom is -0.410 e. The zero-order valence-electron chi connectivity index (χ0n) is 14.2. The van der Waals surface area contributed by atoms with Gasteiger partial charge in [0.2, 0.25) is 0 Å². The Morgan fingerprint density at radius 3 is 2.40 bits per heavy atom. The van der Waals surface area contributed by atoms with Crippen molar-refractivity contribution in [2.75, 3.05) is 0 Å². The van der Waals surface area contributed by atoms with Crippen LogP contribution in [0.3, 0.4) is 0 Å². The molecule has 20 heavy (non-hydrogen) atoms. The first-order chi connectivity index (χ1) is 9.28. The van der Waals surface area contributed by atoms with Crippen LogP contribution in [0.1, 0.15) is 71.5 Å². The summed E-state index contributed by atoms with van der Waals surface area (Å²) in [5, 5.41) is 4.71. The van der Waals surface area contributed by atoms with Crippen LogP contribution in [0.15, 0.2) is 16.8 Å². The van der Waals surface area contributed by atoms with Crippen LogP contribution in [0.25, 0.3) is 0 Å². The second-order valence-corrected chi connectivity index (χ2v) is 12.8. The van der Waals surface area contributed by atoms with Crippen molar-refractivity contribution in [2.24, 2.45) is 0 Å². The molecule has 0 saturated carbocycles. The van der Waals surface area contributed by atoms with Gasteiger partial charge in [0, 0.05) is 0 Å². The standard InChI is InChI=1S/C17H32OSSi/c1-7-8-9-10-11-16(15-12-13-19-14-15)18-20(5,6)17(2,3)4/h12-14,16H,7-11H2,1-6H3/t16-/m1/s1. The molecule has 1 heterocycles. The molecule has 1 aromatic heterocycles. The SMILES string of the molecule is CCCCCC[C@@H](O[Si](C)(C)C(C)(C)C)c1ccsc1. The molecule has 3 heteroatoms. The van der Waals surface area contributed by atoms with Crippen LogP contribution in [0.2, 0.25) is 18.1 Å². The minimum absolute atomic E-state index is 0.282. The zero-order valence-corrected chi connectivity index (χ0v) is 16.0. The highest BCUT2D eigenvalue weighted by Gasteiger charge is 2.39. The normalized spacial score (nSPS) is 14.5. The van der Waals surface area contributed by atoms with E-state index in [1.165, 1.54) is 37.7 Å². The molecule has 116 valence electrons. The molecule has 1 nitrogen and oxygen atoms in total. The lowest BCUT2D eigenvalue weighted by Gasteiger charge is -2.39. The summed E-state index contributed by atoms with van der Waals surface area (Å²) in [6.45, 7) is 13.9. The van der Waals surface area contributed by atoms with E-state index in [1.54, 1.807) is 11.3 Å². The molecule has 0 bridgehead atoms. The van der Waals surface area contributed by atoms with E-state index in [2.05, 4.69) is 57.6 Å². The van der Waals surface area contributed by atoms with Gasteiger partial charge in [0.15, 0.2) is 8.32 Å². The Bertz CT molecular complexity index is 365. The first-order valence-electron chi connectivity index (χ1n) is 7.98. The Morgan fingerprint density at radius 2 is 1.90 bits per heavy atom. The molecular formula is C17H32OSSi. The Hall–Kier alpha value is -0.123.